The van der Waals surface area contributed by atoms with Crippen molar-refractivity contribution < 1.29 is 0 Å². The number of thiazole rings is 1. The molecule has 1 aliphatic rings. The van der Waals surface area contributed by atoms with E-state index in [9.17, 15) is 0 Å². The van der Waals surface area contributed by atoms with E-state index in [1.165, 1.54) is 16.0 Å². The highest BCUT2D eigenvalue weighted by Gasteiger charge is 2.38. The first kappa shape index (κ1) is 15.0. The van der Waals surface area contributed by atoms with Crippen LogP contribution in [0.3, 0.4) is 0 Å². The van der Waals surface area contributed by atoms with Gasteiger partial charge in [-0.2, -0.15) is 0 Å². The van der Waals surface area contributed by atoms with Crippen LogP contribution < -0.4 is 5.32 Å². The molecule has 0 spiro atoms. The van der Waals surface area contributed by atoms with Gasteiger partial charge in [0.1, 0.15) is 5.01 Å². The quantitative estimate of drug-likeness (QED) is 0.877. The Hall–Kier alpha value is -0.900. The minimum atomic E-state index is 0.206. The number of nitrogens with one attached hydrogen (secondary N) is 1. The van der Waals surface area contributed by atoms with Crippen LogP contribution in [0, 0.1) is 5.41 Å². The van der Waals surface area contributed by atoms with Crippen molar-refractivity contribution in [3.05, 3.63) is 50.4 Å². The Labute approximate surface area is 135 Å². The number of aryl methyl sites for hydroxylation is 1. The Balaban J connectivity index is 1.79. The second kappa shape index (κ2) is 5.71. The number of halogens is 1. The van der Waals surface area contributed by atoms with Crippen molar-refractivity contribution in [1.29, 1.82) is 0 Å². The van der Waals surface area contributed by atoms with Crippen LogP contribution in [0.1, 0.15) is 47.8 Å². The summed E-state index contributed by atoms with van der Waals surface area (Å²) in [6, 6.07) is 6.61. The molecule has 1 N–H and O–H groups in total. The predicted octanol–water partition coefficient (Wildman–Crippen LogP) is 4.77. The van der Waals surface area contributed by atoms with Gasteiger partial charge in [-0.05, 0) is 41.5 Å². The molecule has 1 aromatic carbocycles. The van der Waals surface area contributed by atoms with Crippen molar-refractivity contribution in [3.8, 4) is 0 Å². The summed E-state index contributed by atoms with van der Waals surface area (Å²) in [4.78, 5) is 5.85. The smallest absolute Gasteiger partial charge is 0.107 e. The molecule has 1 unspecified atom stereocenters. The maximum Gasteiger partial charge on any atom is 0.107 e. The van der Waals surface area contributed by atoms with Crippen LogP contribution in [0.25, 0.3) is 0 Å². The van der Waals surface area contributed by atoms with Crippen LogP contribution in [0.5, 0.6) is 0 Å². The van der Waals surface area contributed by atoms with Crippen molar-refractivity contribution in [2.24, 2.45) is 5.41 Å². The van der Waals surface area contributed by atoms with Crippen molar-refractivity contribution in [2.45, 2.75) is 46.2 Å². The Morgan fingerprint density at radius 3 is 2.95 bits per heavy atom. The standard InChI is InChI=1S/C17H21ClN2S/c1-4-13-9-19-15(21-13)10-20-16-14-7-12(18)6-5-11(14)8-17(16,2)3/h5-7,9,16,20H,4,8,10H2,1-3H3. The van der Waals surface area contributed by atoms with E-state index in [0.29, 0.717) is 6.04 Å². The predicted molar refractivity (Wildman–Crippen MR) is 90.0 cm³/mol. The first-order valence-corrected chi connectivity index (χ1v) is 8.64. The summed E-state index contributed by atoms with van der Waals surface area (Å²) < 4.78 is 0. The monoisotopic (exact) mass is 320 g/mol. The van der Waals surface area contributed by atoms with Gasteiger partial charge in [0.15, 0.2) is 0 Å². The van der Waals surface area contributed by atoms with Crippen LogP contribution in [0.4, 0.5) is 0 Å². The molecule has 0 amide bonds. The number of rotatable bonds is 4. The largest absolute Gasteiger partial charge is 0.303 e. The van der Waals surface area contributed by atoms with Crippen LogP contribution in [0.2, 0.25) is 5.02 Å². The molecule has 0 bridgehead atoms. The number of fused-ring (bicyclic) bond motifs is 1. The molecule has 0 radical (unpaired) electrons. The van der Waals surface area contributed by atoms with Crippen LogP contribution in [-0.4, -0.2) is 4.98 Å². The Morgan fingerprint density at radius 2 is 2.24 bits per heavy atom. The van der Waals surface area contributed by atoms with E-state index < -0.39 is 0 Å². The van der Waals surface area contributed by atoms with Gasteiger partial charge < -0.3 is 5.32 Å². The summed E-state index contributed by atoms with van der Waals surface area (Å²) in [6.45, 7) is 7.63. The van der Waals surface area contributed by atoms with Gasteiger partial charge in [-0.3, -0.25) is 0 Å². The highest BCUT2D eigenvalue weighted by Crippen LogP contribution is 2.46. The van der Waals surface area contributed by atoms with Gasteiger partial charge in [-0.25, -0.2) is 4.98 Å². The van der Waals surface area contributed by atoms with Crippen molar-refractivity contribution in [2.75, 3.05) is 0 Å². The van der Waals surface area contributed by atoms with Gasteiger partial charge in [0.05, 0.1) is 0 Å². The van der Waals surface area contributed by atoms with Gasteiger partial charge in [-0.15, -0.1) is 11.3 Å². The first-order valence-electron chi connectivity index (χ1n) is 7.45. The van der Waals surface area contributed by atoms with E-state index in [0.717, 1.165) is 29.4 Å². The van der Waals surface area contributed by atoms with Gasteiger partial charge in [0, 0.05) is 28.7 Å². The number of hydrogen-bond donors (Lipinski definition) is 1. The molecule has 0 saturated heterocycles. The van der Waals surface area contributed by atoms with Gasteiger partial charge in [0.2, 0.25) is 0 Å². The summed E-state index contributed by atoms with van der Waals surface area (Å²) in [5.74, 6) is 0. The summed E-state index contributed by atoms with van der Waals surface area (Å²) in [7, 11) is 0. The second-order valence-corrected chi connectivity index (χ2v) is 8.03. The molecule has 2 aromatic rings. The minimum Gasteiger partial charge on any atom is -0.303 e. The molecule has 1 aliphatic carbocycles. The van der Waals surface area contributed by atoms with Gasteiger partial charge in [-0.1, -0.05) is 38.4 Å². The Bertz CT molecular complexity index is 648. The fourth-order valence-electron chi connectivity index (χ4n) is 3.18. The molecule has 2 nitrogen and oxygen atoms in total. The maximum atomic E-state index is 6.18. The van der Waals surface area contributed by atoms with Gasteiger partial charge in [0.25, 0.3) is 0 Å². The molecule has 1 aromatic heterocycles. The third kappa shape index (κ3) is 3.01. The first-order chi connectivity index (χ1) is 9.99. The Kier molecular flexibility index (Phi) is 4.08. The third-order valence-corrected chi connectivity index (χ3v) is 5.63. The highest BCUT2D eigenvalue weighted by atomic mass is 35.5. The topological polar surface area (TPSA) is 24.9 Å². The fraction of sp³-hybridized carbons (Fsp3) is 0.471. The molecular weight excluding hydrogens is 300 g/mol. The molecular formula is C17H21ClN2S. The third-order valence-electron chi connectivity index (χ3n) is 4.25. The maximum absolute atomic E-state index is 6.18. The summed E-state index contributed by atoms with van der Waals surface area (Å²) in [6.07, 6.45) is 4.15. The zero-order valence-corrected chi connectivity index (χ0v) is 14.3. The summed E-state index contributed by atoms with van der Waals surface area (Å²) in [5.41, 5.74) is 2.97. The van der Waals surface area contributed by atoms with Crippen LogP contribution in [-0.2, 0) is 19.4 Å². The molecule has 3 rings (SSSR count). The van der Waals surface area contributed by atoms with Crippen molar-refractivity contribution in [3.63, 3.8) is 0 Å². The Morgan fingerprint density at radius 1 is 1.43 bits per heavy atom. The number of aromatic nitrogens is 1. The molecule has 1 atom stereocenters. The highest BCUT2D eigenvalue weighted by molar-refractivity contribution is 7.11. The normalized spacial score (nSPS) is 19.7. The lowest BCUT2D eigenvalue weighted by atomic mass is 9.85. The van der Waals surface area contributed by atoms with E-state index >= 15 is 0 Å². The number of nitrogens with zero attached hydrogens (tertiary/aromatic N) is 1. The molecule has 112 valence electrons. The lowest BCUT2D eigenvalue weighted by molar-refractivity contribution is 0.268. The molecule has 0 saturated carbocycles. The lowest BCUT2D eigenvalue weighted by Crippen LogP contribution is -2.30. The van der Waals surface area contributed by atoms with E-state index in [1.54, 1.807) is 11.3 Å². The number of benzene rings is 1. The van der Waals surface area contributed by atoms with E-state index in [1.807, 2.05) is 12.3 Å². The minimum absolute atomic E-state index is 0.206. The molecule has 1 heterocycles. The average molecular weight is 321 g/mol. The molecule has 0 fully saturated rings. The van der Waals surface area contributed by atoms with Gasteiger partial charge >= 0.3 is 0 Å². The average Bonchev–Trinajstić information content (AvgIpc) is 2.98. The molecule has 4 heteroatoms. The van der Waals surface area contributed by atoms with E-state index in [-0.39, 0.29) is 5.41 Å². The summed E-state index contributed by atoms with van der Waals surface area (Å²) in [5, 5.41) is 5.68. The fourth-order valence-corrected chi connectivity index (χ4v) is 4.17. The van der Waals surface area contributed by atoms with Crippen molar-refractivity contribution >= 4 is 22.9 Å². The second-order valence-electron chi connectivity index (χ2n) is 6.40. The van der Waals surface area contributed by atoms with Crippen molar-refractivity contribution in [1.82, 2.24) is 10.3 Å². The summed E-state index contributed by atoms with van der Waals surface area (Å²) >= 11 is 7.98. The SMILES string of the molecule is CCc1cnc(CNC2c3cc(Cl)ccc3CC2(C)C)s1. The zero-order chi connectivity index (χ0) is 15.0. The van der Waals surface area contributed by atoms with Crippen LogP contribution in [0.15, 0.2) is 24.4 Å². The van der Waals surface area contributed by atoms with Crippen LogP contribution >= 0.6 is 22.9 Å². The lowest BCUT2D eigenvalue weighted by Gasteiger charge is -2.28. The van der Waals surface area contributed by atoms with E-state index in [4.69, 9.17) is 11.6 Å². The molecule has 0 aliphatic heterocycles. The number of hydrogen-bond acceptors (Lipinski definition) is 3. The van der Waals surface area contributed by atoms with E-state index in [2.05, 4.69) is 43.2 Å². The zero-order valence-electron chi connectivity index (χ0n) is 12.7. The molecule has 21 heavy (non-hydrogen) atoms.